The Hall–Kier alpha value is -1.38. The first kappa shape index (κ1) is 14.7. The minimum Gasteiger partial charge on any atom is -0.406 e. The van der Waals surface area contributed by atoms with Gasteiger partial charge >= 0.3 is 6.36 Å². The van der Waals surface area contributed by atoms with Gasteiger partial charge in [-0.1, -0.05) is 0 Å². The van der Waals surface area contributed by atoms with E-state index >= 15 is 0 Å². The molecule has 1 aromatic rings. The van der Waals surface area contributed by atoms with Crippen molar-refractivity contribution in [2.24, 2.45) is 0 Å². The molecule has 0 radical (unpaired) electrons. The molecule has 18 heavy (non-hydrogen) atoms. The molecule has 0 fully saturated rings. The highest BCUT2D eigenvalue weighted by Gasteiger charge is 2.31. The van der Waals surface area contributed by atoms with Gasteiger partial charge in [0.15, 0.2) is 0 Å². The second-order valence-electron chi connectivity index (χ2n) is 3.43. The molecular weight excluding hydrogens is 260 g/mol. The fraction of sp³-hybridized carbons (Fsp3) is 0.400. The monoisotopic (exact) mass is 270 g/mol. The Kier molecular flexibility index (Phi) is 4.49. The summed E-state index contributed by atoms with van der Waals surface area (Å²) in [4.78, 5) is 0. The summed E-state index contributed by atoms with van der Waals surface area (Å²) in [7, 11) is 0. The van der Waals surface area contributed by atoms with Crippen LogP contribution in [-0.4, -0.2) is 34.4 Å². The summed E-state index contributed by atoms with van der Waals surface area (Å²) in [6.07, 6.45) is -8.32. The first-order valence-corrected chi connectivity index (χ1v) is 4.77. The van der Waals surface area contributed by atoms with Crippen LogP contribution >= 0.6 is 0 Å². The maximum atomic E-state index is 13.4. The average molecular weight is 270 g/mol. The Balaban J connectivity index is 2.92. The lowest BCUT2D eigenvalue weighted by molar-refractivity contribution is -0.274. The summed E-state index contributed by atoms with van der Waals surface area (Å²) in [5.41, 5.74) is -0.439. The van der Waals surface area contributed by atoms with Crippen LogP contribution < -0.4 is 4.74 Å². The highest BCUT2D eigenvalue weighted by molar-refractivity contribution is 5.30. The smallest absolute Gasteiger partial charge is 0.406 e. The highest BCUT2D eigenvalue weighted by atomic mass is 19.4. The number of halogens is 4. The maximum absolute atomic E-state index is 13.4. The lowest BCUT2D eigenvalue weighted by Gasteiger charge is -2.17. The zero-order valence-electron chi connectivity index (χ0n) is 8.86. The Labute approximate surface area is 99.0 Å². The number of benzene rings is 1. The van der Waals surface area contributed by atoms with Gasteiger partial charge in [0, 0.05) is 11.6 Å². The molecule has 8 heteroatoms. The standard InChI is InChI=1S/C10H10F4O4/c11-7-3-5(18-10(12,13)14)1-2-6(7)9(17)8(16)4-15/h1-3,8-9,15-17H,4H2. The maximum Gasteiger partial charge on any atom is 0.573 e. The molecule has 0 heterocycles. The molecule has 0 aliphatic rings. The molecule has 1 aromatic carbocycles. The van der Waals surface area contributed by atoms with Crippen molar-refractivity contribution in [3.05, 3.63) is 29.6 Å². The van der Waals surface area contributed by atoms with Crippen LogP contribution in [0, 0.1) is 5.82 Å². The van der Waals surface area contributed by atoms with Gasteiger partial charge < -0.3 is 20.1 Å². The number of aliphatic hydroxyl groups excluding tert-OH is 3. The zero-order valence-corrected chi connectivity index (χ0v) is 8.86. The normalized spacial score (nSPS) is 15.3. The zero-order chi connectivity index (χ0) is 13.9. The van der Waals surface area contributed by atoms with Gasteiger partial charge in [0.1, 0.15) is 23.8 Å². The Morgan fingerprint density at radius 1 is 1.22 bits per heavy atom. The summed E-state index contributed by atoms with van der Waals surface area (Å²) in [6, 6.07) is 2.05. The lowest BCUT2D eigenvalue weighted by Crippen LogP contribution is -2.23. The van der Waals surface area contributed by atoms with Gasteiger partial charge in [-0.15, -0.1) is 13.2 Å². The van der Waals surface area contributed by atoms with Gasteiger partial charge in [-0.3, -0.25) is 0 Å². The Morgan fingerprint density at radius 3 is 2.28 bits per heavy atom. The van der Waals surface area contributed by atoms with Crippen molar-refractivity contribution >= 4 is 0 Å². The van der Waals surface area contributed by atoms with Crippen molar-refractivity contribution in [1.29, 1.82) is 0 Å². The van der Waals surface area contributed by atoms with Crippen molar-refractivity contribution in [1.82, 2.24) is 0 Å². The number of hydrogen-bond acceptors (Lipinski definition) is 4. The molecule has 0 amide bonds. The quantitative estimate of drug-likeness (QED) is 0.717. The van der Waals surface area contributed by atoms with Crippen LogP contribution in [0.3, 0.4) is 0 Å². The van der Waals surface area contributed by atoms with E-state index in [9.17, 15) is 22.7 Å². The first-order chi connectivity index (χ1) is 8.24. The summed E-state index contributed by atoms with van der Waals surface area (Å²) in [5.74, 6) is -1.97. The number of rotatable bonds is 4. The summed E-state index contributed by atoms with van der Waals surface area (Å²) >= 11 is 0. The molecule has 1 rings (SSSR count). The molecule has 0 saturated heterocycles. The molecule has 102 valence electrons. The van der Waals surface area contributed by atoms with E-state index in [0.717, 1.165) is 12.1 Å². The van der Waals surface area contributed by atoms with Gasteiger partial charge in [-0.25, -0.2) is 4.39 Å². The van der Waals surface area contributed by atoms with Crippen molar-refractivity contribution in [2.75, 3.05) is 6.61 Å². The minimum atomic E-state index is -4.95. The van der Waals surface area contributed by atoms with Gasteiger partial charge in [0.2, 0.25) is 0 Å². The Morgan fingerprint density at radius 2 is 1.83 bits per heavy atom. The van der Waals surface area contributed by atoms with E-state index < -0.39 is 42.3 Å². The fourth-order valence-electron chi connectivity index (χ4n) is 1.25. The van der Waals surface area contributed by atoms with Crippen molar-refractivity contribution < 1.29 is 37.6 Å². The molecule has 0 saturated carbocycles. The third kappa shape index (κ3) is 3.83. The molecule has 2 atom stereocenters. The second kappa shape index (κ2) is 5.51. The SMILES string of the molecule is OCC(O)C(O)c1ccc(OC(F)(F)F)cc1F. The number of aliphatic hydroxyl groups is 3. The highest BCUT2D eigenvalue weighted by Crippen LogP contribution is 2.27. The van der Waals surface area contributed by atoms with Crippen LogP contribution in [0.15, 0.2) is 18.2 Å². The van der Waals surface area contributed by atoms with Crippen LogP contribution in [-0.2, 0) is 0 Å². The third-order valence-corrected chi connectivity index (χ3v) is 2.08. The molecule has 0 spiro atoms. The second-order valence-corrected chi connectivity index (χ2v) is 3.43. The number of hydrogen-bond donors (Lipinski definition) is 3. The third-order valence-electron chi connectivity index (χ3n) is 2.08. The molecular formula is C10H10F4O4. The van der Waals surface area contributed by atoms with E-state index in [1.54, 1.807) is 0 Å². The first-order valence-electron chi connectivity index (χ1n) is 4.77. The van der Waals surface area contributed by atoms with Crippen molar-refractivity contribution in [3.63, 3.8) is 0 Å². The van der Waals surface area contributed by atoms with Crippen LogP contribution in [0.2, 0.25) is 0 Å². The topological polar surface area (TPSA) is 69.9 Å². The van der Waals surface area contributed by atoms with Crippen molar-refractivity contribution in [2.45, 2.75) is 18.6 Å². The molecule has 2 unspecified atom stereocenters. The van der Waals surface area contributed by atoms with E-state index in [1.807, 2.05) is 0 Å². The predicted octanol–water partition coefficient (Wildman–Crippen LogP) is 1.11. The van der Waals surface area contributed by atoms with Gasteiger partial charge in [0.05, 0.1) is 6.61 Å². The fourth-order valence-corrected chi connectivity index (χ4v) is 1.25. The number of ether oxygens (including phenoxy) is 1. The van der Waals surface area contributed by atoms with E-state index in [2.05, 4.69) is 4.74 Å². The molecule has 4 nitrogen and oxygen atoms in total. The Bertz CT molecular complexity index is 407. The van der Waals surface area contributed by atoms with Crippen molar-refractivity contribution in [3.8, 4) is 5.75 Å². The van der Waals surface area contributed by atoms with E-state index in [1.165, 1.54) is 0 Å². The summed E-state index contributed by atoms with van der Waals surface area (Å²) in [6.45, 7) is -0.818. The molecule has 3 N–H and O–H groups in total. The van der Waals surface area contributed by atoms with Gasteiger partial charge in [-0.05, 0) is 12.1 Å². The molecule has 0 aliphatic heterocycles. The summed E-state index contributed by atoms with van der Waals surface area (Å²) < 4.78 is 52.4. The minimum absolute atomic E-state index is 0.427. The van der Waals surface area contributed by atoms with Gasteiger partial charge in [0.25, 0.3) is 0 Å². The largest absolute Gasteiger partial charge is 0.573 e. The summed E-state index contributed by atoms with van der Waals surface area (Å²) in [5, 5.41) is 27.0. The predicted molar refractivity (Wildman–Crippen MR) is 51.1 cm³/mol. The number of alkyl halides is 3. The van der Waals surface area contributed by atoms with E-state index in [4.69, 9.17) is 10.2 Å². The van der Waals surface area contributed by atoms with Crippen LogP contribution in [0.1, 0.15) is 11.7 Å². The average Bonchev–Trinajstić information content (AvgIpc) is 2.25. The molecule has 0 bridgehead atoms. The molecule has 0 aliphatic carbocycles. The van der Waals surface area contributed by atoms with Gasteiger partial charge in [-0.2, -0.15) is 0 Å². The van der Waals surface area contributed by atoms with E-state index in [0.29, 0.717) is 6.07 Å². The molecule has 0 aromatic heterocycles. The van der Waals surface area contributed by atoms with Crippen LogP contribution in [0.4, 0.5) is 17.6 Å². The van der Waals surface area contributed by atoms with Crippen LogP contribution in [0.25, 0.3) is 0 Å². The van der Waals surface area contributed by atoms with E-state index in [-0.39, 0.29) is 0 Å². The van der Waals surface area contributed by atoms with Crippen LogP contribution in [0.5, 0.6) is 5.75 Å². The lowest BCUT2D eigenvalue weighted by atomic mass is 10.0.